The summed E-state index contributed by atoms with van der Waals surface area (Å²) in [4.78, 5) is 37.8. The maximum absolute atomic E-state index is 13.6. The van der Waals surface area contributed by atoms with E-state index in [0.717, 1.165) is 96.3 Å². The first-order valence-electron chi connectivity index (χ1n) is 34.9. The summed E-state index contributed by atoms with van der Waals surface area (Å²) < 4.78 is 30.8. The number of amides is 1. The molecule has 0 aromatic heterocycles. The number of nitrogens with one attached hydrogen (secondary N) is 1. The molecule has 0 radical (unpaired) electrons. The molecule has 1 amide bonds. The van der Waals surface area contributed by atoms with E-state index in [-0.39, 0.29) is 31.5 Å². The maximum Gasteiger partial charge on any atom is 0.472 e. The molecule has 0 aliphatic heterocycles. The molecule has 9 nitrogen and oxygen atoms in total. The maximum atomic E-state index is 13.6. The summed E-state index contributed by atoms with van der Waals surface area (Å²) >= 11 is 0. The SMILES string of the molecule is CCCCC/C=C\C/C=C\C/C=C\C/C=C\CCCCCCCC(=O)OC(/C=C\CCCCCCCCCCC)C(COP(=O)(O)OCC[N+](C)(C)C)NC(=O)CCCCCCCCCCCCCCCCC/C=C\C/C=C\CCCCC. The number of hydrogen-bond donors (Lipinski definition) is 2. The van der Waals surface area contributed by atoms with Gasteiger partial charge < -0.3 is 19.4 Å². The monoisotopic (exact) mass is 1180 g/mol. The van der Waals surface area contributed by atoms with E-state index in [1.807, 2.05) is 33.3 Å². The lowest BCUT2D eigenvalue weighted by atomic mass is 10.0. The number of carbonyl (C=O) groups excluding carboxylic acids is 2. The minimum absolute atomic E-state index is 0.0346. The van der Waals surface area contributed by atoms with Crippen LogP contribution in [0.5, 0.6) is 0 Å². The Balaban J connectivity index is 5.07. The van der Waals surface area contributed by atoms with Crippen LogP contribution in [-0.4, -0.2) is 74.3 Å². The minimum atomic E-state index is -4.46. The van der Waals surface area contributed by atoms with Crippen LogP contribution < -0.4 is 5.32 Å². The van der Waals surface area contributed by atoms with Gasteiger partial charge in [-0.05, 0) is 109 Å². The highest BCUT2D eigenvalue weighted by molar-refractivity contribution is 7.47. The predicted octanol–water partition coefficient (Wildman–Crippen LogP) is 22.1. The molecule has 0 aromatic rings. The van der Waals surface area contributed by atoms with Crippen LogP contribution in [0.25, 0.3) is 0 Å². The summed E-state index contributed by atoms with van der Waals surface area (Å²) in [5.41, 5.74) is 0. The van der Waals surface area contributed by atoms with Crippen molar-refractivity contribution in [2.45, 2.75) is 328 Å². The average Bonchev–Trinajstić information content (AvgIpc) is 3.51. The van der Waals surface area contributed by atoms with Crippen LogP contribution in [0.15, 0.2) is 85.1 Å². The number of allylic oxidation sites excluding steroid dienone is 13. The van der Waals surface area contributed by atoms with Crippen molar-refractivity contribution >= 4 is 19.7 Å². The molecule has 0 rings (SSSR count). The van der Waals surface area contributed by atoms with Gasteiger partial charge >= 0.3 is 13.8 Å². The summed E-state index contributed by atoms with van der Waals surface area (Å²) in [5, 5.41) is 3.06. The van der Waals surface area contributed by atoms with E-state index in [9.17, 15) is 19.0 Å². The normalized spacial score (nSPS) is 14.1. The quantitative estimate of drug-likeness (QED) is 0.0205. The molecule has 0 saturated carbocycles. The lowest BCUT2D eigenvalue weighted by Gasteiger charge is -2.27. The van der Waals surface area contributed by atoms with E-state index >= 15 is 0 Å². The van der Waals surface area contributed by atoms with Crippen LogP contribution in [0.2, 0.25) is 0 Å². The highest BCUT2D eigenvalue weighted by Gasteiger charge is 2.30. The Morgan fingerprint density at radius 2 is 0.735 bits per heavy atom. The standard InChI is InChI=1S/C73H133N2O7P/c1-7-10-13-16-19-22-25-27-29-31-33-35-36-37-38-40-41-43-45-47-50-53-56-59-62-65-72(76)74-70(69-81-83(78,79)80-68-67-75(4,5)6)71(64-61-58-55-52-49-24-21-18-15-12-9-3)82-73(77)66-63-60-57-54-51-48-46-44-42-39-34-32-30-28-26-23-20-17-14-11-8-2/h19-20,22-23,27-30,34,39,44,46,61,64,70-71H,7-18,21,24-26,31-33,35-38,40-43,45,47-60,62-63,65-69H2,1-6H3,(H-,74,76,78,79)/p+1/b22-19-,23-20-,29-27-,30-28-,39-34-,46-44-,64-61-. The zero-order chi connectivity index (χ0) is 60.7. The van der Waals surface area contributed by atoms with Crippen molar-refractivity contribution in [3.63, 3.8) is 0 Å². The fourth-order valence-corrected chi connectivity index (χ4v) is 10.6. The molecule has 0 aliphatic carbocycles. The number of ether oxygens (including phenoxy) is 1. The van der Waals surface area contributed by atoms with E-state index in [4.69, 9.17) is 13.8 Å². The largest absolute Gasteiger partial charge is 0.472 e. The Hall–Kier alpha value is -2.81. The lowest BCUT2D eigenvalue weighted by Crippen LogP contribution is -2.47. The Kier molecular flexibility index (Phi) is 60.1. The van der Waals surface area contributed by atoms with Crippen molar-refractivity contribution in [3.8, 4) is 0 Å². The highest BCUT2D eigenvalue weighted by atomic mass is 31.2. The molecule has 10 heteroatoms. The lowest BCUT2D eigenvalue weighted by molar-refractivity contribution is -0.870. The Labute approximate surface area is 514 Å². The van der Waals surface area contributed by atoms with Crippen molar-refractivity contribution < 1.29 is 37.3 Å². The van der Waals surface area contributed by atoms with Gasteiger partial charge in [-0.3, -0.25) is 18.6 Å². The summed E-state index contributed by atoms with van der Waals surface area (Å²) in [6, 6.07) is -0.860. The van der Waals surface area contributed by atoms with Crippen LogP contribution in [0.3, 0.4) is 0 Å². The average molecular weight is 1180 g/mol. The summed E-state index contributed by atoms with van der Waals surface area (Å²) in [7, 11) is 1.48. The molecule has 0 aromatic carbocycles. The molecule has 0 bridgehead atoms. The van der Waals surface area contributed by atoms with Gasteiger partial charge in [0.1, 0.15) is 19.3 Å². The van der Waals surface area contributed by atoms with Crippen LogP contribution >= 0.6 is 7.82 Å². The molecule has 83 heavy (non-hydrogen) atoms. The number of hydrogen-bond acceptors (Lipinski definition) is 6. The van der Waals surface area contributed by atoms with Gasteiger partial charge in [-0.25, -0.2) is 4.57 Å². The number of carbonyl (C=O) groups is 2. The smallest absolute Gasteiger partial charge is 0.456 e. The van der Waals surface area contributed by atoms with Gasteiger partial charge in [-0.1, -0.05) is 280 Å². The number of quaternary nitrogens is 1. The van der Waals surface area contributed by atoms with Gasteiger partial charge in [0.25, 0.3) is 0 Å². The van der Waals surface area contributed by atoms with Crippen molar-refractivity contribution in [1.82, 2.24) is 5.32 Å². The first-order chi connectivity index (χ1) is 40.4. The minimum Gasteiger partial charge on any atom is -0.456 e. The Bertz CT molecular complexity index is 1700. The van der Waals surface area contributed by atoms with Gasteiger partial charge in [-0.15, -0.1) is 0 Å². The summed E-state index contributed by atoms with van der Waals surface area (Å²) in [6.45, 7) is 6.96. The van der Waals surface area contributed by atoms with Crippen LogP contribution in [0.1, 0.15) is 316 Å². The molecule has 0 fully saturated rings. The van der Waals surface area contributed by atoms with E-state index in [1.165, 1.54) is 180 Å². The zero-order valence-corrected chi connectivity index (χ0v) is 56.1. The van der Waals surface area contributed by atoms with Crippen LogP contribution in [0, 0.1) is 0 Å². The van der Waals surface area contributed by atoms with E-state index < -0.39 is 20.0 Å². The molecule has 0 heterocycles. The molecule has 482 valence electrons. The molecule has 0 saturated heterocycles. The van der Waals surface area contributed by atoms with Gasteiger partial charge in [0, 0.05) is 12.8 Å². The fraction of sp³-hybridized carbons (Fsp3) is 0.781. The fourth-order valence-electron chi connectivity index (χ4n) is 9.90. The zero-order valence-electron chi connectivity index (χ0n) is 55.2. The molecule has 3 unspecified atom stereocenters. The second-order valence-electron chi connectivity index (χ2n) is 24.7. The van der Waals surface area contributed by atoms with Crippen molar-refractivity contribution in [3.05, 3.63) is 85.1 Å². The number of likely N-dealkylation sites (N-methyl/N-ethyl adjacent to an activating group) is 1. The summed E-state index contributed by atoms with van der Waals surface area (Å²) in [5.74, 6) is -0.521. The van der Waals surface area contributed by atoms with Gasteiger partial charge in [0.15, 0.2) is 0 Å². The Morgan fingerprint density at radius 1 is 0.422 bits per heavy atom. The van der Waals surface area contributed by atoms with Crippen molar-refractivity contribution in [1.29, 1.82) is 0 Å². The van der Waals surface area contributed by atoms with Gasteiger partial charge in [0.2, 0.25) is 5.91 Å². The highest BCUT2D eigenvalue weighted by Crippen LogP contribution is 2.43. The third kappa shape index (κ3) is 63.5. The first-order valence-corrected chi connectivity index (χ1v) is 36.4. The van der Waals surface area contributed by atoms with Crippen molar-refractivity contribution in [2.24, 2.45) is 0 Å². The molecular formula is C73H134N2O7P+. The van der Waals surface area contributed by atoms with Crippen LogP contribution in [0.4, 0.5) is 0 Å². The Morgan fingerprint density at radius 3 is 1.12 bits per heavy atom. The second kappa shape index (κ2) is 62.2. The number of phosphoric acid groups is 1. The topological polar surface area (TPSA) is 111 Å². The summed E-state index contributed by atoms with van der Waals surface area (Å²) in [6.07, 6.45) is 83.1. The van der Waals surface area contributed by atoms with E-state index in [2.05, 4.69) is 99.0 Å². The van der Waals surface area contributed by atoms with Gasteiger partial charge in [0.05, 0.1) is 33.8 Å². The number of unbranched alkanes of at least 4 members (excludes halogenated alkanes) is 35. The first kappa shape index (κ1) is 80.2. The molecule has 0 spiro atoms. The number of nitrogens with zero attached hydrogens (tertiary/aromatic N) is 1. The number of phosphoric ester groups is 1. The molecule has 3 atom stereocenters. The predicted molar refractivity (Wildman–Crippen MR) is 360 cm³/mol. The third-order valence-corrected chi connectivity index (χ3v) is 16.3. The third-order valence-electron chi connectivity index (χ3n) is 15.3. The van der Waals surface area contributed by atoms with Crippen molar-refractivity contribution in [2.75, 3.05) is 40.9 Å². The molecule has 0 aliphatic rings. The molecule has 2 N–H and O–H groups in total. The van der Waals surface area contributed by atoms with E-state index in [1.54, 1.807) is 0 Å². The number of rotatable bonds is 63. The van der Waals surface area contributed by atoms with Gasteiger partial charge in [-0.2, -0.15) is 0 Å². The van der Waals surface area contributed by atoms with Crippen LogP contribution in [-0.2, 0) is 27.9 Å². The second-order valence-corrected chi connectivity index (χ2v) is 26.1. The molecular weight excluding hydrogens is 1050 g/mol. The van der Waals surface area contributed by atoms with E-state index in [0.29, 0.717) is 23.9 Å². The number of esters is 1.